The van der Waals surface area contributed by atoms with Crippen molar-refractivity contribution in [2.45, 2.75) is 0 Å². The highest BCUT2D eigenvalue weighted by Crippen LogP contribution is 2.06. The Hall–Kier alpha value is -0.860. The van der Waals surface area contributed by atoms with Crippen LogP contribution in [0.3, 0.4) is 0 Å². The number of rotatable bonds is 1. The minimum Gasteiger partial charge on any atom is -0.481 e. The van der Waals surface area contributed by atoms with Gasteiger partial charge in [-0.05, 0) is 0 Å². The van der Waals surface area contributed by atoms with Gasteiger partial charge in [0.1, 0.15) is 6.67 Å². The van der Waals surface area contributed by atoms with Gasteiger partial charge in [-0.25, -0.2) is 0 Å². The molecule has 1 aliphatic heterocycles. The largest absolute Gasteiger partial charge is 0.481 e. The molecule has 0 aromatic heterocycles. The fourth-order valence-electron chi connectivity index (χ4n) is 0.589. The molecule has 8 heavy (non-hydrogen) atoms. The molecule has 0 atom stereocenters. The van der Waals surface area contributed by atoms with Crippen LogP contribution in [0.1, 0.15) is 0 Å². The summed E-state index contributed by atoms with van der Waals surface area (Å²) in [6.07, 6.45) is 1.79. The molecule has 3 heteroatoms. The lowest BCUT2D eigenvalue weighted by molar-refractivity contribution is 0.205. The zero-order valence-electron chi connectivity index (χ0n) is 5.01. The maximum absolute atomic E-state index is 4.92. The monoisotopic (exact) mass is 113 g/mol. The van der Waals surface area contributed by atoms with E-state index in [1.165, 1.54) is 0 Å². The maximum atomic E-state index is 4.92. The third kappa shape index (κ3) is 0.710. The topological polar surface area (TPSA) is 24.5 Å². The van der Waals surface area contributed by atoms with Crippen LogP contribution in [-0.2, 0) is 4.74 Å². The van der Waals surface area contributed by atoms with Crippen LogP contribution in [-0.4, -0.2) is 19.1 Å². The first kappa shape index (κ1) is 5.28. The predicted molar refractivity (Wildman–Crippen MR) is 30.3 cm³/mol. The van der Waals surface area contributed by atoms with Gasteiger partial charge in [-0.15, -0.1) is 0 Å². The molecule has 0 bridgehead atoms. The molecule has 0 saturated carbocycles. The van der Waals surface area contributed by atoms with Crippen LogP contribution < -0.4 is 5.32 Å². The van der Waals surface area contributed by atoms with Crippen molar-refractivity contribution in [1.82, 2.24) is 10.2 Å². The highest BCUT2D eigenvalue weighted by atomic mass is 16.5. The SMILES string of the molecule is COC1=CN[CH]N1C. The number of methoxy groups -OCH3 is 1. The Balaban J connectivity index is 2.49. The minimum atomic E-state index is 0.838. The molecule has 3 nitrogen and oxygen atoms in total. The zero-order chi connectivity index (χ0) is 5.98. The molecule has 0 fully saturated rings. The van der Waals surface area contributed by atoms with E-state index in [4.69, 9.17) is 4.74 Å². The van der Waals surface area contributed by atoms with E-state index in [1.807, 2.05) is 18.6 Å². The molecule has 0 aliphatic carbocycles. The molecule has 1 heterocycles. The van der Waals surface area contributed by atoms with Gasteiger partial charge in [0.05, 0.1) is 13.3 Å². The summed E-state index contributed by atoms with van der Waals surface area (Å²) in [5.74, 6) is 0.838. The molecular weight excluding hydrogens is 104 g/mol. The molecular formula is C5H9N2O. The fourth-order valence-corrected chi connectivity index (χ4v) is 0.589. The summed E-state index contributed by atoms with van der Waals surface area (Å²) >= 11 is 0. The summed E-state index contributed by atoms with van der Waals surface area (Å²) in [6.45, 7) is 1.82. The lowest BCUT2D eigenvalue weighted by atomic mass is 10.8. The second-order valence-corrected chi connectivity index (χ2v) is 1.59. The van der Waals surface area contributed by atoms with Crippen molar-refractivity contribution in [3.05, 3.63) is 18.8 Å². The Morgan fingerprint density at radius 3 is 2.75 bits per heavy atom. The Morgan fingerprint density at radius 1 is 1.75 bits per heavy atom. The van der Waals surface area contributed by atoms with Crippen LogP contribution >= 0.6 is 0 Å². The average molecular weight is 113 g/mol. The standard InChI is InChI=1S/C5H9N2O/c1-7-4-6-3-5(7)8-2/h3-4,6H,1-2H3. The van der Waals surface area contributed by atoms with E-state index in [-0.39, 0.29) is 0 Å². The summed E-state index contributed by atoms with van der Waals surface area (Å²) in [7, 11) is 3.55. The molecule has 0 amide bonds. The van der Waals surface area contributed by atoms with Crippen LogP contribution in [0.2, 0.25) is 0 Å². The van der Waals surface area contributed by atoms with E-state index < -0.39 is 0 Å². The first-order chi connectivity index (χ1) is 3.84. The molecule has 1 N–H and O–H groups in total. The highest BCUT2D eigenvalue weighted by Gasteiger charge is 2.08. The summed E-state index contributed by atoms with van der Waals surface area (Å²) < 4.78 is 4.92. The molecule has 0 saturated heterocycles. The van der Waals surface area contributed by atoms with Crippen LogP contribution in [0, 0.1) is 6.67 Å². The molecule has 1 radical (unpaired) electrons. The van der Waals surface area contributed by atoms with Gasteiger partial charge in [0, 0.05) is 7.05 Å². The third-order valence-electron chi connectivity index (χ3n) is 1.03. The van der Waals surface area contributed by atoms with Gasteiger partial charge in [-0.1, -0.05) is 0 Å². The summed E-state index contributed by atoms with van der Waals surface area (Å²) in [4.78, 5) is 1.86. The van der Waals surface area contributed by atoms with E-state index in [9.17, 15) is 0 Å². The average Bonchev–Trinajstić information content (AvgIpc) is 2.14. The van der Waals surface area contributed by atoms with Crippen LogP contribution in [0.25, 0.3) is 0 Å². The van der Waals surface area contributed by atoms with Crippen molar-refractivity contribution < 1.29 is 4.74 Å². The number of ether oxygens (including phenoxy) is 1. The van der Waals surface area contributed by atoms with Gasteiger partial charge in [0.2, 0.25) is 5.88 Å². The summed E-state index contributed by atoms with van der Waals surface area (Å²) in [6, 6.07) is 0. The van der Waals surface area contributed by atoms with Crippen molar-refractivity contribution in [3.8, 4) is 0 Å². The quantitative estimate of drug-likeness (QED) is 0.521. The molecule has 0 aromatic carbocycles. The van der Waals surface area contributed by atoms with Gasteiger partial charge in [-0.3, -0.25) is 0 Å². The van der Waals surface area contributed by atoms with Gasteiger partial charge in [0.15, 0.2) is 0 Å². The number of hydrogen-bond acceptors (Lipinski definition) is 3. The van der Waals surface area contributed by atoms with E-state index >= 15 is 0 Å². The second kappa shape index (κ2) is 1.94. The Labute approximate surface area is 48.9 Å². The molecule has 0 unspecified atom stereocenters. The van der Waals surface area contributed by atoms with Crippen LogP contribution in [0.5, 0.6) is 0 Å². The minimum absolute atomic E-state index is 0.838. The normalized spacial score (nSPS) is 17.8. The Morgan fingerprint density at radius 2 is 2.50 bits per heavy atom. The Bertz CT molecular complexity index is 111. The summed E-state index contributed by atoms with van der Waals surface area (Å²) in [5.41, 5.74) is 0. The van der Waals surface area contributed by atoms with E-state index in [2.05, 4.69) is 5.32 Å². The predicted octanol–water partition coefficient (Wildman–Crippen LogP) is 0.0860. The number of nitrogens with one attached hydrogen (secondary N) is 1. The lowest BCUT2D eigenvalue weighted by Crippen LogP contribution is -2.12. The number of nitrogens with zero attached hydrogens (tertiary/aromatic N) is 1. The fraction of sp³-hybridized carbons (Fsp3) is 0.400. The molecule has 1 rings (SSSR count). The van der Waals surface area contributed by atoms with E-state index in [0.717, 1.165) is 5.88 Å². The molecule has 45 valence electrons. The second-order valence-electron chi connectivity index (χ2n) is 1.59. The maximum Gasteiger partial charge on any atom is 0.206 e. The van der Waals surface area contributed by atoms with Gasteiger partial charge in [-0.2, -0.15) is 0 Å². The molecule has 1 aliphatic rings. The smallest absolute Gasteiger partial charge is 0.206 e. The van der Waals surface area contributed by atoms with Crippen molar-refractivity contribution in [2.24, 2.45) is 0 Å². The van der Waals surface area contributed by atoms with Crippen molar-refractivity contribution in [1.29, 1.82) is 0 Å². The van der Waals surface area contributed by atoms with Gasteiger partial charge < -0.3 is 15.0 Å². The van der Waals surface area contributed by atoms with Crippen molar-refractivity contribution in [3.63, 3.8) is 0 Å². The van der Waals surface area contributed by atoms with Crippen LogP contribution in [0.15, 0.2) is 12.1 Å². The Kier molecular flexibility index (Phi) is 1.28. The van der Waals surface area contributed by atoms with Crippen molar-refractivity contribution >= 4 is 0 Å². The molecule has 0 spiro atoms. The highest BCUT2D eigenvalue weighted by molar-refractivity contribution is 5.00. The lowest BCUT2D eigenvalue weighted by Gasteiger charge is -2.10. The molecule has 0 aromatic rings. The zero-order valence-corrected chi connectivity index (χ0v) is 5.01. The van der Waals surface area contributed by atoms with E-state index in [1.54, 1.807) is 13.3 Å². The van der Waals surface area contributed by atoms with E-state index in [0.29, 0.717) is 0 Å². The summed E-state index contributed by atoms with van der Waals surface area (Å²) in [5, 5.41) is 2.89. The van der Waals surface area contributed by atoms with Crippen molar-refractivity contribution in [2.75, 3.05) is 14.2 Å². The first-order valence-electron chi connectivity index (χ1n) is 2.41. The first-order valence-corrected chi connectivity index (χ1v) is 2.41. The van der Waals surface area contributed by atoms with Gasteiger partial charge >= 0.3 is 0 Å². The van der Waals surface area contributed by atoms with Gasteiger partial charge in [0.25, 0.3) is 0 Å². The van der Waals surface area contributed by atoms with Crippen LogP contribution in [0.4, 0.5) is 0 Å². The number of hydrogen-bond donors (Lipinski definition) is 1. The third-order valence-corrected chi connectivity index (χ3v) is 1.03.